The standard InChI is InChI=1S/C20H19ClFN3O2/c1-13-10-25(18-6-4-3-5-15(18)9-23)19(26)12-24(13)11-14-7-16(21)20(27-2)17(22)8-14/h3-8,13H,10-12H2,1-2H3. The molecular formula is C20H19ClFN3O2. The second-order valence-corrected chi connectivity index (χ2v) is 6.89. The lowest BCUT2D eigenvalue weighted by atomic mass is 10.1. The number of ether oxygens (including phenoxy) is 1. The summed E-state index contributed by atoms with van der Waals surface area (Å²) in [5.41, 5.74) is 1.76. The van der Waals surface area contributed by atoms with E-state index in [9.17, 15) is 14.4 Å². The zero-order valence-corrected chi connectivity index (χ0v) is 15.8. The molecule has 1 aliphatic heterocycles. The van der Waals surface area contributed by atoms with Gasteiger partial charge in [0.2, 0.25) is 5.91 Å². The molecule has 140 valence electrons. The van der Waals surface area contributed by atoms with Crippen molar-refractivity contribution in [1.82, 2.24) is 4.90 Å². The van der Waals surface area contributed by atoms with Gasteiger partial charge in [-0.1, -0.05) is 23.7 Å². The van der Waals surface area contributed by atoms with Gasteiger partial charge in [0.1, 0.15) is 6.07 Å². The largest absolute Gasteiger partial charge is 0.492 e. The lowest BCUT2D eigenvalue weighted by Gasteiger charge is -2.39. The molecule has 7 heteroatoms. The first kappa shape index (κ1) is 19.2. The molecule has 2 aromatic rings. The number of para-hydroxylation sites is 1. The lowest BCUT2D eigenvalue weighted by Crippen LogP contribution is -2.55. The van der Waals surface area contributed by atoms with Gasteiger partial charge in [0.25, 0.3) is 0 Å². The second kappa shape index (κ2) is 7.95. The summed E-state index contributed by atoms with van der Waals surface area (Å²) in [5.74, 6) is -0.612. The minimum absolute atomic E-state index is 0.0162. The average Bonchev–Trinajstić information content (AvgIpc) is 2.64. The van der Waals surface area contributed by atoms with Crippen LogP contribution in [-0.2, 0) is 11.3 Å². The number of hydrogen-bond acceptors (Lipinski definition) is 4. The predicted octanol–water partition coefficient (Wildman–Crippen LogP) is 3.60. The van der Waals surface area contributed by atoms with Gasteiger partial charge in [-0.25, -0.2) is 4.39 Å². The van der Waals surface area contributed by atoms with Crippen molar-refractivity contribution in [2.75, 3.05) is 25.1 Å². The highest BCUT2D eigenvalue weighted by atomic mass is 35.5. The SMILES string of the molecule is COc1c(F)cc(CN2CC(=O)N(c3ccccc3C#N)CC2C)cc1Cl. The summed E-state index contributed by atoms with van der Waals surface area (Å²) in [6.07, 6.45) is 0. The molecule has 1 unspecified atom stereocenters. The molecule has 2 aromatic carbocycles. The van der Waals surface area contributed by atoms with Crippen LogP contribution in [0.3, 0.4) is 0 Å². The number of amides is 1. The Kier molecular flexibility index (Phi) is 5.64. The Morgan fingerprint density at radius 3 is 2.78 bits per heavy atom. The Bertz CT molecular complexity index is 889. The van der Waals surface area contributed by atoms with Crippen LogP contribution in [0.1, 0.15) is 18.1 Å². The van der Waals surface area contributed by atoms with E-state index >= 15 is 0 Å². The van der Waals surface area contributed by atoms with E-state index in [2.05, 4.69) is 6.07 Å². The average molecular weight is 388 g/mol. The van der Waals surface area contributed by atoms with Crippen molar-refractivity contribution in [3.05, 3.63) is 58.4 Å². The summed E-state index contributed by atoms with van der Waals surface area (Å²) in [7, 11) is 1.36. The van der Waals surface area contributed by atoms with Crippen LogP contribution in [0, 0.1) is 17.1 Å². The van der Waals surface area contributed by atoms with E-state index in [0.717, 1.165) is 0 Å². The molecule has 0 saturated carbocycles. The zero-order chi connectivity index (χ0) is 19.6. The number of piperazine rings is 1. The van der Waals surface area contributed by atoms with Gasteiger partial charge in [-0.05, 0) is 36.8 Å². The smallest absolute Gasteiger partial charge is 0.241 e. The van der Waals surface area contributed by atoms with Gasteiger partial charge in [-0.3, -0.25) is 9.69 Å². The Labute approximate surface area is 162 Å². The first-order valence-electron chi connectivity index (χ1n) is 8.50. The fourth-order valence-corrected chi connectivity index (χ4v) is 3.59. The van der Waals surface area contributed by atoms with E-state index in [1.54, 1.807) is 29.2 Å². The molecule has 0 radical (unpaired) electrons. The van der Waals surface area contributed by atoms with Gasteiger partial charge >= 0.3 is 0 Å². The molecule has 5 nitrogen and oxygen atoms in total. The van der Waals surface area contributed by atoms with Crippen LogP contribution >= 0.6 is 11.6 Å². The van der Waals surface area contributed by atoms with Crippen LogP contribution in [0.2, 0.25) is 5.02 Å². The fraction of sp³-hybridized carbons (Fsp3) is 0.300. The Balaban J connectivity index is 1.78. The van der Waals surface area contributed by atoms with Crippen molar-refractivity contribution in [2.45, 2.75) is 19.5 Å². The number of benzene rings is 2. The molecule has 0 aliphatic carbocycles. The Morgan fingerprint density at radius 1 is 1.37 bits per heavy atom. The monoisotopic (exact) mass is 387 g/mol. The van der Waals surface area contributed by atoms with Gasteiger partial charge in [0.05, 0.1) is 29.9 Å². The maximum absolute atomic E-state index is 14.1. The third kappa shape index (κ3) is 3.90. The lowest BCUT2D eigenvalue weighted by molar-refractivity contribution is -0.122. The second-order valence-electron chi connectivity index (χ2n) is 6.48. The number of halogens is 2. The van der Waals surface area contributed by atoms with Crippen LogP contribution in [0.4, 0.5) is 10.1 Å². The minimum Gasteiger partial charge on any atom is -0.492 e. The fourth-order valence-electron chi connectivity index (χ4n) is 3.28. The molecule has 1 heterocycles. The topological polar surface area (TPSA) is 56.6 Å². The molecule has 1 saturated heterocycles. The molecule has 0 bridgehead atoms. The van der Waals surface area contributed by atoms with Gasteiger partial charge in [0.15, 0.2) is 11.6 Å². The maximum atomic E-state index is 14.1. The zero-order valence-electron chi connectivity index (χ0n) is 15.1. The summed E-state index contributed by atoms with van der Waals surface area (Å²) in [6, 6.07) is 12.2. The van der Waals surface area contributed by atoms with Crippen molar-refractivity contribution in [2.24, 2.45) is 0 Å². The highest BCUT2D eigenvalue weighted by Gasteiger charge is 2.31. The first-order valence-corrected chi connectivity index (χ1v) is 8.87. The molecule has 3 rings (SSSR count). The molecule has 0 spiro atoms. The van der Waals surface area contributed by atoms with E-state index < -0.39 is 5.82 Å². The number of hydrogen-bond donors (Lipinski definition) is 0. The van der Waals surface area contributed by atoms with Crippen molar-refractivity contribution in [3.63, 3.8) is 0 Å². The van der Waals surface area contributed by atoms with Crippen LogP contribution in [0.15, 0.2) is 36.4 Å². The molecule has 1 aliphatic rings. The van der Waals surface area contributed by atoms with E-state index in [-0.39, 0.29) is 29.3 Å². The molecule has 27 heavy (non-hydrogen) atoms. The van der Waals surface area contributed by atoms with E-state index in [1.807, 2.05) is 17.9 Å². The van der Waals surface area contributed by atoms with Crippen LogP contribution in [0.25, 0.3) is 0 Å². The van der Waals surface area contributed by atoms with Crippen LogP contribution < -0.4 is 9.64 Å². The minimum atomic E-state index is -0.527. The van der Waals surface area contributed by atoms with E-state index in [4.69, 9.17) is 16.3 Å². The number of carbonyl (C=O) groups is 1. The summed E-state index contributed by atoms with van der Waals surface area (Å²) in [5, 5.41) is 9.49. The normalized spacial score (nSPS) is 17.7. The predicted molar refractivity (Wildman–Crippen MR) is 101 cm³/mol. The van der Waals surface area contributed by atoms with Gasteiger partial charge < -0.3 is 9.64 Å². The maximum Gasteiger partial charge on any atom is 0.241 e. The number of nitriles is 1. The highest BCUT2D eigenvalue weighted by molar-refractivity contribution is 6.32. The Morgan fingerprint density at radius 2 is 2.11 bits per heavy atom. The van der Waals surface area contributed by atoms with Gasteiger partial charge in [-0.2, -0.15) is 5.26 Å². The number of carbonyl (C=O) groups excluding carboxylic acids is 1. The summed E-state index contributed by atoms with van der Waals surface area (Å²) >= 11 is 6.06. The molecular weight excluding hydrogens is 369 g/mol. The molecule has 0 N–H and O–H groups in total. The number of rotatable bonds is 4. The third-order valence-electron chi connectivity index (χ3n) is 4.67. The summed E-state index contributed by atoms with van der Waals surface area (Å²) in [4.78, 5) is 16.3. The van der Waals surface area contributed by atoms with Crippen LogP contribution in [0.5, 0.6) is 5.75 Å². The van der Waals surface area contributed by atoms with Crippen molar-refractivity contribution in [3.8, 4) is 11.8 Å². The van der Waals surface area contributed by atoms with E-state index in [1.165, 1.54) is 13.2 Å². The van der Waals surface area contributed by atoms with Crippen molar-refractivity contribution >= 4 is 23.2 Å². The van der Waals surface area contributed by atoms with Gasteiger partial charge in [0, 0.05) is 19.1 Å². The van der Waals surface area contributed by atoms with Gasteiger partial charge in [-0.15, -0.1) is 0 Å². The molecule has 0 aromatic heterocycles. The van der Waals surface area contributed by atoms with Crippen molar-refractivity contribution in [1.29, 1.82) is 5.26 Å². The summed E-state index contributed by atoms with van der Waals surface area (Å²) in [6.45, 7) is 3.01. The first-order chi connectivity index (χ1) is 12.9. The molecule has 1 atom stereocenters. The molecule has 1 fully saturated rings. The Hall–Kier alpha value is -2.62. The quantitative estimate of drug-likeness (QED) is 0.804. The number of nitrogens with zero attached hydrogens (tertiary/aromatic N) is 3. The number of methoxy groups -OCH3 is 1. The van der Waals surface area contributed by atoms with Crippen LogP contribution in [-0.4, -0.2) is 37.0 Å². The summed E-state index contributed by atoms with van der Waals surface area (Å²) < 4.78 is 19.0. The van der Waals surface area contributed by atoms with E-state index in [0.29, 0.717) is 29.9 Å². The molecule has 1 amide bonds. The third-order valence-corrected chi connectivity index (χ3v) is 4.95. The van der Waals surface area contributed by atoms with Crippen molar-refractivity contribution < 1.29 is 13.9 Å². The highest BCUT2D eigenvalue weighted by Crippen LogP contribution is 2.30. The number of anilines is 1.